The Kier molecular flexibility index (Phi) is 5.23. The van der Waals surface area contributed by atoms with Crippen molar-refractivity contribution >= 4 is 21.6 Å². The number of hydrogen-bond acceptors (Lipinski definition) is 5. The molecule has 3 N–H and O–H groups in total. The number of aryl methyl sites for hydroxylation is 2. The minimum atomic E-state index is -3.49. The zero-order valence-electron chi connectivity index (χ0n) is 17.6. The lowest BCUT2D eigenvalue weighted by atomic mass is 9.99. The van der Waals surface area contributed by atoms with Gasteiger partial charge in [0.25, 0.3) is 0 Å². The van der Waals surface area contributed by atoms with Crippen molar-refractivity contribution < 1.29 is 18.5 Å². The van der Waals surface area contributed by atoms with Crippen molar-refractivity contribution in [3.8, 4) is 5.88 Å². The molecular weight excluding hydrogens is 418 g/mol. The van der Waals surface area contributed by atoms with Crippen LogP contribution in [-0.2, 0) is 46.9 Å². The molecule has 2 heterocycles. The Labute approximate surface area is 181 Å². The number of nitrogens with two attached hydrogens (primary N) is 1. The highest BCUT2D eigenvalue weighted by Crippen LogP contribution is 2.40. The van der Waals surface area contributed by atoms with Gasteiger partial charge in [0.15, 0.2) is 9.92 Å². The van der Waals surface area contributed by atoms with Crippen molar-refractivity contribution in [2.45, 2.75) is 50.0 Å². The van der Waals surface area contributed by atoms with Crippen LogP contribution in [0, 0.1) is 5.92 Å². The van der Waals surface area contributed by atoms with Crippen LogP contribution in [0.4, 0.5) is 10.5 Å². The summed E-state index contributed by atoms with van der Waals surface area (Å²) in [4.78, 5) is 13.0. The molecule has 2 aromatic rings. The van der Waals surface area contributed by atoms with E-state index in [2.05, 4.69) is 20.8 Å². The fraction of sp³-hybridized carbons (Fsp3) is 0.524. The number of benzene rings is 1. The molecule has 31 heavy (non-hydrogen) atoms. The molecule has 0 spiro atoms. The number of nitrogens with zero attached hydrogens (tertiary/aromatic N) is 3. The molecule has 1 aliphatic heterocycles. The molecule has 9 nitrogen and oxygen atoms in total. The Hall–Kier alpha value is -2.43. The predicted molar refractivity (Wildman–Crippen MR) is 116 cm³/mol. The number of nitrogens with one attached hydrogen (secondary N) is 1. The van der Waals surface area contributed by atoms with Gasteiger partial charge >= 0.3 is 6.03 Å². The number of carbonyl (C=O) groups excluding carboxylic acids is 1. The van der Waals surface area contributed by atoms with E-state index in [1.54, 1.807) is 11.8 Å². The summed E-state index contributed by atoms with van der Waals surface area (Å²) < 4.78 is 29.5. The van der Waals surface area contributed by atoms with Crippen LogP contribution >= 0.6 is 0 Å². The minimum Gasteiger partial charge on any atom is -0.477 e. The molecule has 0 radical (unpaired) electrons. The lowest BCUT2D eigenvalue weighted by Crippen LogP contribution is -2.21. The monoisotopic (exact) mass is 445 g/mol. The third kappa shape index (κ3) is 3.72. The van der Waals surface area contributed by atoms with Crippen molar-refractivity contribution in [3.63, 3.8) is 0 Å². The number of anilines is 1. The zero-order chi connectivity index (χ0) is 21.6. The van der Waals surface area contributed by atoms with Gasteiger partial charge in [-0.1, -0.05) is 6.07 Å². The SMILES string of the molecule is COCC1Cc2cc3c(c(NC(=O)N=S(N)(=O)c4cnn5c4OCCC5)c2C1)CCC3. The topological polar surface area (TPSA) is 121 Å². The number of fused-ring (bicyclic) bond motifs is 3. The van der Waals surface area contributed by atoms with Gasteiger partial charge in [-0.15, -0.1) is 4.36 Å². The summed E-state index contributed by atoms with van der Waals surface area (Å²) in [6.07, 6.45) is 6.95. The maximum atomic E-state index is 13.1. The Morgan fingerprint density at radius 1 is 1.35 bits per heavy atom. The molecule has 0 fully saturated rings. The van der Waals surface area contributed by atoms with E-state index >= 15 is 0 Å². The highest BCUT2D eigenvalue weighted by molar-refractivity contribution is 7.91. The maximum Gasteiger partial charge on any atom is 0.354 e. The lowest BCUT2D eigenvalue weighted by molar-refractivity contribution is 0.156. The zero-order valence-corrected chi connectivity index (χ0v) is 18.4. The first-order chi connectivity index (χ1) is 15.0. The Balaban J connectivity index is 1.46. The smallest absolute Gasteiger partial charge is 0.354 e. The first-order valence-corrected chi connectivity index (χ1v) is 12.2. The predicted octanol–water partition coefficient (Wildman–Crippen LogP) is 2.45. The van der Waals surface area contributed by atoms with Gasteiger partial charge in [-0.25, -0.2) is 18.8 Å². The standard InChI is InChI=1S/C21H27N5O4S/c1-29-12-13-8-15-10-14-4-2-5-16(14)19(17(15)9-13)24-21(27)25-31(22,28)18-11-23-26-6-3-7-30-20(18)26/h10-11,13H,2-9,12H2,1H3,(H3,22,24,25,27,28). The van der Waals surface area contributed by atoms with E-state index in [0.29, 0.717) is 31.6 Å². The van der Waals surface area contributed by atoms with Crippen LogP contribution in [0.3, 0.4) is 0 Å². The third-order valence-electron chi connectivity index (χ3n) is 6.28. The van der Waals surface area contributed by atoms with Gasteiger partial charge in [0.2, 0.25) is 5.88 Å². The first-order valence-electron chi connectivity index (χ1n) is 10.7. The summed E-state index contributed by atoms with van der Waals surface area (Å²) in [5.74, 6) is 0.726. The van der Waals surface area contributed by atoms with E-state index in [0.717, 1.165) is 55.3 Å². The molecule has 166 valence electrons. The molecular formula is C21H27N5O4S. The van der Waals surface area contributed by atoms with Gasteiger partial charge in [0.1, 0.15) is 4.90 Å². The van der Waals surface area contributed by atoms with Gasteiger partial charge in [-0.2, -0.15) is 5.10 Å². The lowest BCUT2D eigenvalue weighted by Gasteiger charge is -2.16. The van der Waals surface area contributed by atoms with Gasteiger partial charge < -0.3 is 14.8 Å². The fourth-order valence-electron chi connectivity index (χ4n) is 4.99. The second kappa shape index (κ2) is 7.92. The Bertz CT molecular complexity index is 1170. The molecule has 2 amide bonds. The van der Waals surface area contributed by atoms with E-state index < -0.39 is 15.9 Å². The summed E-state index contributed by atoms with van der Waals surface area (Å²) >= 11 is 0. The molecule has 3 aliphatic rings. The quantitative estimate of drug-likeness (QED) is 0.749. The summed E-state index contributed by atoms with van der Waals surface area (Å²) in [5.41, 5.74) is 5.65. The van der Waals surface area contributed by atoms with Gasteiger partial charge in [0, 0.05) is 32.4 Å². The molecule has 1 aromatic heterocycles. The number of amides is 2. The van der Waals surface area contributed by atoms with Crippen LogP contribution in [0.25, 0.3) is 0 Å². The molecule has 0 bridgehead atoms. The largest absolute Gasteiger partial charge is 0.477 e. The molecule has 10 heteroatoms. The Morgan fingerprint density at radius 3 is 3.06 bits per heavy atom. The molecule has 5 rings (SSSR count). The average Bonchev–Trinajstić information content (AvgIpc) is 3.45. The number of methoxy groups -OCH3 is 1. The number of rotatable bonds is 4. The maximum absolute atomic E-state index is 13.1. The minimum absolute atomic E-state index is 0.158. The number of ether oxygens (including phenoxy) is 2. The molecule has 1 aromatic carbocycles. The van der Waals surface area contributed by atoms with Crippen LogP contribution in [0.1, 0.15) is 35.1 Å². The summed E-state index contributed by atoms with van der Waals surface area (Å²) in [5, 5.41) is 13.1. The van der Waals surface area contributed by atoms with Crippen LogP contribution in [-0.4, -0.2) is 40.3 Å². The van der Waals surface area contributed by atoms with Crippen LogP contribution in [0.5, 0.6) is 5.88 Å². The van der Waals surface area contributed by atoms with E-state index in [4.69, 9.17) is 14.6 Å². The first kappa shape index (κ1) is 20.5. The van der Waals surface area contributed by atoms with Crippen molar-refractivity contribution in [2.24, 2.45) is 15.4 Å². The van der Waals surface area contributed by atoms with Crippen molar-refractivity contribution in [2.75, 3.05) is 25.6 Å². The molecule has 2 unspecified atom stereocenters. The Morgan fingerprint density at radius 2 is 2.23 bits per heavy atom. The summed E-state index contributed by atoms with van der Waals surface area (Å²) in [7, 11) is -1.78. The molecule has 2 aliphatic carbocycles. The fourth-order valence-corrected chi connectivity index (χ4v) is 5.99. The normalized spacial score (nSPS) is 20.9. The molecule has 2 atom stereocenters. The van der Waals surface area contributed by atoms with Crippen molar-refractivity contribution in [1.82, 2.24) is 9.78 Å². The van der Waals surface area contributed by atoms with Crippen molar-refractivity contribution in [1.29, 1.82) is 0 Å². The highest BCUT2D eigenvalue weighted by atomic mass is 32.2. The number of aromatic nitrogens is 2. The average molecular weight is 446 g/mol. The van der Waals surface area contributed by atoms with Gasteiger partial charge in [-0.3, -0.25) is 0 Å². The second-order valence-electron chi connectivity index (χ2n) is 8.44. The number of urea groups is 1. The third-order valence-corrected chi connectivity index (χ3v) is 7.63. The van der Waals surface area contributed by atoms with Crippen LogP contribution in [0.15, 0.2) is 21.5 Å². The van der Waals surface area contributed by atoms with Crippen LogP contribution < -0.4 is 15.2 Å². The van der Waals surface area contributed by atoms with Gasteiger partial charge in [0.05, 0.1) is 12.8 Å². The van der Waals surface area contributed by atoms with Gasteiger partial charge in [-0.05, 0) is 60.3 Å². The summed E-state index contributed by atoms with van der Waals surface area (Å²) in [6.45, 7) is 1.83. The van der Waals surface area contributed by atoms with E-state index in [9.17, 15) is 9.00 Å². The number of carbonyl (C=O) groups is 1. The molecule has 0 saturated heterocycles. The van der Waals surface area contributed by atoms with Crippen molar-refractivity contribution in [3.05, 3.63) is 34.5 Å². The van der Waals surface area contributed by atoms with E-state index in [1.807, 2.05) is 0 Å². The van der Waals surface area contributed by atoms with E-state index in [-0.39, 0.29) is 4.90 Å². The highest BCUT2D eigenvalue weighted by Gasteiger charge is 2.30. The van der Waals surface area contributed by atoms with E-state index in [1.165, 1.54) is 17.3 Å². The second-order valence-corrected chi connectivity index (χ2v) is 10.2. The summed E-state index contributed by atoms with van der Waals surface area (Å²) in [6, 6.07) is 1.57. The molecule has 0 saturated carbocycles. The van der Waals surface area contributed by atoms with Crippen LogP contribution in [0.2, 0.25) is 0 Å². The number of hydrogen-bond donors (Lipinski definition) is 2.